The summed E-state index contributed by atoms with van der Waals surface area (Å²) in [5.41, 5.74) is 3.02. The Morgan fingerprint density at radius 1 is 1.03 bits per heavy atom. The van der Waals surface area contributed by atoms with Crippen LogP contribution in [0.25, 0.3) is 16.3 Å². The molecular weight excluding hydrogens is 448 g/mol. The molecule has 7 heteroatoms. The Balaban J connectivity index is 1.61. The van der Waals surface area contributed by atoms with E-state index in [2.05, 4.69) is 4.98 Å². The van der Waals surface area contributed by atoms with E-state index in [0.29, 0.717) is 10.7 Å². The Bertz CT molecular complexity index is 1490. The Morgan fingerprint density at radius 2 is 1.82 bits per heavy atom. The second-order valence-corrected chi connectivity index (χ2v) is 9.02. The van der Waals surface area contributed by atoms with Crippen LogP contribution in [0, 0.1) is 6.92 Å². The van der Waals surface area contributed by atoms with Crippen LogP contribution in [0.2, 0.25) is 0 Å². The number of aromatic hydroxyl groups is 1. The molecule has 0 unspecified atom stereocenters. The highest BCUT2D eigenvalue weighted by Gasteiger charge is 2.45. The number of fused-ring (bicyclic) bond motifs is 1. The number of ketones is 1. The number of benzene rings is 3. The van der Waals surface area contributed by atoms with Crippen LogP contribution in [0.15, 0.2) is 90.2 Å². The molecule has 3 aromatic carbocycles. The van der Waals surface area contributed by atoms with Gasteiger partial charge in [0.15, 0.2) is 16.7 Å². The molecule has 1 aliphatic heterocycles. The van der Waals surface area contributed by atoms with Gasteiger partial charge in [-0.25, -0.2) is 4.98 Å². The van der Waals surface area contributed by atoms with E-state index >= 15 is 0 Å². The van der Waals surface area contributed by atoms with Crippen molar-refractivity contribution in [2.24, 2.45) is 0 Å². The molecule has 5 rings (SSSR count). The van der Waals surface area contributed by atoms with Crippen molar-refractivity contribution in [2.75, 3.05) is 4.90 Å². The summed E-state index contributed by atoms with van der Waals surface area (Å²) in [6.45, 7) is 1.97. The average molecular weight is 469 g/mol. The van der Waals surface area contributed by atoms with E-state index in [1.165, 1.54) is 34.4 Å². The molecule has 6 nitrogen and oxygen atoms in total. The summed E-state index contributed by atoms with van der Waals surface area (Å²) >= 11 is 1.31. The summed E-state index contributed by atoms with van der Waals surface area (Å²) in [4.78, 5) is 32.5. The third kappa shape index (κ3) is 3.86. The normalized spacial score (nSPS) is 16.2. The Morgan fingerprint density at radius 3 is 2.59 bits per heavy atom. The zero-order valence-electron chi connectivity index (χ0n) is 18.2. The summed E-state index contributed by atoms with van der Waals surface area (Å²) in [5, 5.41) is 21.3. The quantitative estimate of drug-likeness (QED) is 0.378. The van der Waals surface area contributed by atoms with Gasteiger partial charge in [0.1, 0.15) is 5.75 Å². The molecule has 168 valence electrons. The van der Waals surface area contributed by atoms with Crippen molar-refractivity contribution in [1.82, 2.24) is 4.98 Å². The number of allylic oxidation sites excluding steroid dienone is 1. The third-order valence-electron chi connectivity index (χ3n) is 5.63. The monoisotopic (exact) mass is 468 g/mol. The van der Waals surface area contributed by atoms with Gasteiger partial charge in [0, 0.05) is 0 Å². The third-order valence-corrected chi connectivity index (χ3v) is 6.64. The molecule has 0 saturated heterocycles. The van der Waals surface area contributed by atoms with E-state index in [9.17, 15) is 19.8 Å². The van der Waals surface area contributed by atoms with Gasteiger partial charge >= 0.3 is 0 Å². The van der Waals surface area contributed by atoms with Gasteiger partial charge in [0.25, 0.3) is 5.91 Å². The zero-order chi connectivity index (χ0) is 23.8. The minimum Gasteiger partial charge on any atom is -0.508 e. The number of hydrogen-bond acceptors (Lipinski definition) is 6. The number of phenols is 1. The largest absolute Gasteiger partial charge is 0.508 e. The highest BCUT2D eigenvalue weighted by atomic mass is 32.1. The number of aryl methyl sites for hydroxylation is 1. The van der Waals surface area contributed by atoms with Gasteiger partial charge in [-0.3, -0.25) is 14.5 Å². The highest BCUT2D eigenvalue weighted by Crippen LogP contribution is 2.44. The van der Waals surface area contributed by atoms with E-state index in [1.807, 2.05) is 55.5 Å². The van der Waals surface area contributed by atoms with Gasteiger partial charge in [-0.1, -0.05) is 65.9 Å². The average Bonchev–Trinajstić information content (AvgIpc) is 3.36. The minimum absolute atomic E-state index is 0.0113. The molecule has 1 amide bonds. The lowest BCUT2D eigenvalue weighted by atomic mass is 9.95. The van der Waals surface area contributed by atoms with E-state index in [-0.39, 0.29) is 11.3 Å². The number of carbonyl (C=O) groups excluding carboxylic acids is 2. The predicted molar refractivity (Wildman–Crippen MR) is 133 cm³/mol. The van der Waals surface area contributed by atoms with Gasteiger partial charge in [-0.15, -0.1) is 0 Å². The molecule has 4 aromatic rings. The molecule has 34 heavy (non-hydrogen) atoms. The van der Waals surface area contributed by atoms with E-state index in [4.69, 9.17) is 0 Å². The molecule has 0 radical (unpaired) electrons. The standard InChI is InChI=1S/C27H20N2O4S/c1-16-10-12-20-22(14-16)34-27(28-20)29-24(18-8-5-9-19(30)15-18)23(25(32)26(29)33)21(31)13-11-17-6-3-2-4-7-17/h2-15,24,30,32H,1H3/b13-11+/t24-/m0/s1. The number of nitrogens with zero attached hydrogens (tertiary/aromatic N) is 2. The van der Waals surface area contributed by atoms with Gasteiger partial charge in [-0.2, -0.15) is 0 Å². The topological polar surface area (TPSA) is 90.7 Å². The molecule has 0 saturated carbocycles. The number of phenolic OH excluding ortho intramolecular Hbond substituents is 1. The molecule has 1 atom stereocenters. The van der Waals surface area contributed by atoms with Gasteiger partial charge in [0.2, 0.25) is 0 Å². The molecular formula is C27H20N2O4S. The summed E-state index contributed by atoms with van der Waals surface area (Å²) in [5.74, 6) is -1.84. The van der Waals surface area contributed by atoms with E-state index in [0.717, 1.165) is 21.3 Å². The number of carbonyl (C=O) groups is 2. The zero-order valence-corrected chi connectivity index (χ0v) is 19.0. The van der Waals surface area contributed by atoms with Crippen LogP contribution in [0.5, 0.6) is 5.75 Å². The minimum atomic E-state index is -0.936. The van der Waals surface area contributed by atoms with E-state index < -0.39 is 23.5 Å². The van der Waals surface area contributed by atoms with Crippen molar-refractivity contribution in [3.63, 3.8) is 0 Å². The first-order valence-electron chi connectivity index (χ1n) is 10.6. The summed E-state index contributed by atoms with van der Waals surface area (Å²) < 4.78 is 0.890. The van der Waals surface area contributed by atoms with Crippen molar-refractivity contribution in [1.29, 1.82) is 0 Å². The second kappa shape index (κ2) is 8.61. The van der Waals surface area contributed by atoms with Crippen molar-refractivity contribution >= 4 is 44.5 Å². The van der Waals surface area contributed by atoms with E-state index in [1.54, 1.807) is 18.2 Å². The molecule has 1 aromatic heterocycles. The molecule has 0 spiro atoms. The van der Waals surface area contributed by atoms with Crippen molar-refractivity contribution in [2.45, 2.75) is 13.0 Å². The first-order valence-corrected chi connectivity index (χ1v) is 11.4. The maximum atomic E-state index is 13.3. The smallest absolute Gasteiger partial charge is 0.296 e. The number of thiazole rings is 1. The fourth-order valence-electron chi connectivity index (χ4n) is 4.01. The lowest BCUT2D eigenvalue weighted by molar-refractivity contribution is -0.117. The Hall–Kier alpha value is -4.23. The number of amides is 1. The fraction of sp³-hybridized carbons (Fsp3) is 0.0741. The number of aromatic nitrogens is 1. The molecule has 0 fully saturated rings. The fourth-order valence-corrected chi connectivity index (χ4v) is 5.10. The molecule has 0 bridgehead atoms. The molecule has 2 N–H and O–H groups in total. The SMILES string of the molecule is Cc1ccc2nc(N3C(=O)C(O)=C(C(=O)/C=C/c4ccccc4)[C@@H]3c3cccc(O)c3)sc2c1. The van der Waals surface area contributed by atoms with Crippen LogP contribution >= 0.6 is 11.3 Å². The Labute approximate surface area is 199 Å². The van der Waals surface area contributed by atoms with Crippen LogP contribution in [-0.2, 0) is 9.59 Å². The van der Waals surface area contributed by atoms with Crippen LogP contribution in [-0.4, -0.2) is 26.9 Å². The summed E-state index contributed by atoms with van der Waals surface area (Å²) in [6, 6.07) is 20.4. The maximum Gasteiger partial charge on any atom is 0.296 e. The number of aliphatic hydroxyl groups excluding tert-OH is 1. The van der Waals surface area contributed by atoms with Crippen molar-refractivity contribution in [3.8, 4) is 5.75 Å². The molecule has 1 aliphatic rings. The lowest BCUT2D eigenvalue weighted by Crippen LogP contribution is -2.30. The second-order valence-electron chi connectivity index (χ2n) is 8.01. The maximum absolute atomic E-state index is 13.3. The first kappa shape index (κ1) is 21.6. The predicted octanol–water partition coefficient (Wildman–Crippen LogP) is 5.49. The van der Waals surface area contributed by atoms with Crippen molar-refractivity contribution in [3.05, 3.63) is 107 Å². The van der Waals surface area contributed by atoms with Crippen LogP contribution in [0.3, 0.4) is 0 Å². The summed E-state index contributed by atoms with van der Waals surface area (Å²) in [7, 11) is 0. The van der Waals surface area contributed by atoms with Crippen molar-refractivity contribution < 1.29 is 19.8 Å². The first-order chi connectivity index (χ1) is 16.4. The molecule has 2 heterocycles. The van der Waals surface area contributed by atoms with Crippen LogP contribution < -0.4 is 4.90 Å². The number of hydrogen-bond donors (Lipinski definition) is 2. The lowest BCUT2D eigenvalue weighted by Gasteiger charge is -2.24. The molecule has 0 aliphatic carbocycles. The van der Waals surface area contributed by atoms with Crippen LogP contribution in [0.4, 0.5) is 5.13 Å². The van der Waals surface area contributed by atoms with Gasteiger partial charge in [0.05, 0.1) is 21.8 Å². The number of anilines is 1. The van der Waals surface area contributed by atoms with Gasteiger partial charge < -0.3 is 10.2 Å². The summed E-state index contributed by atoms with van der Waals surface area (Å²) in [6.07, 6.45) is 2.98. The van der Waals surface area contributed by atoms with Gasteiger partial charge in [-0.05, 0) is 54.0 Å². The number of rotatable bonds is 5. The highest BCUT2D eigenvalue weighted by molar-refractivity contribution is 7.22. The van der Waals surface area contributed by atoms with Crippen LogP contribution in [0.1, 0.15) is 22.7 Å². The number of aliphatic hydroxyl groups is 1. The Kier molecular flexibility index (Phi) is 5.47.